The van der Waals surface area contributed by atoms with Gasteiger partial charge in [-0.25, -0.2) is 4.39 Å². The number of benzene rings is 2. The Bertz CT molecular complexity index is 1490. The van der Waals surface area contributed by atoms with Crippen molar-refractivity contribution in [3.05, 3.63) is 47.9 Å². The highest BCUT2D eigenvalue weighted by molar-refractivity contribution is 6.02. The Labute approximate surface area is 200 Å². The van der Waals surface area contributed by atoms with Crippen molar-refractivity contribution in [2.45, 2.75) is 25.0 Å². The number of phenolic OH excluding ortho intramolecular Hbond substituents is 1. The Morgan fingerprint density at radius 1 is 1.20 bits per heavy atom. The van der Waals surface area contributed by atoms with Crippen molar-refractivity contribution in [2.24, 2.45) is 0 Å². The maximum absolute atomic E-state index is 16.1. The Balaban J connectivity index is 1.75. The van der Waals surface area contributed by atoms with Crippen molar-refractivity contribution in [3.63, 3.8) is 0 Å². The lowest BCUT2D eigenvalue weighted by Crippen LogP contribution is -2.31. The smallest absolute Gasteiger partial charge is 0.318 e. The molecule has 0 amide bonds. The van der Waals surface area contributed by atoms with E-state index < -0.39 is 18.0 Å². The highest BCUT2D eigenvalue weighted by Gasteiger charge is 2.26. The van der Waals surface area contributed by atoms with Crippen LogP contribution < -0.4 is 9.64 Å². The van der Waals surface area contributed by atoms with Crippen LogP contribution in [0.5, 0.6) is 11.8 Å². The molecule has 5 rings (SSSR count). The lowest BCUT2D eigenvalue weighted by molar-refractivity contribution is 0.0925. The summed E-state index contributed by atoms with van der Waals surface area (Å²) in [5.74, 6) is 2.18. The van der Waals surface area contributed by atoms with Gasteiger partial charge in [-0.2, -0.15) is 9.97 Å². The van der Waals surface area contributed by atoms with Gasteiger partial charge >= 0.3 is 6.01 Å². The lowest BCUT2D eigenvalue weighted by Gasteiger charge is -2.24. The molecule has 1 fully saturated rings. The highest BCUT2D eigenvalue weighted by Crippen LogP contribution is 2.38. The molecule has 2 aromatic heterocycles. The van der Waals surface area contributed by atoms with Crippen LogP contribution in [-0.4, -0.2) is 62.7 Å². The number of aliphatic hydroxyl groups excluding tert-OH is 2. The molecule has 178 valence electrons. The van der Waals surface area contributed by atoms with Crippen LogP contribution >= 0.6 is 0 Å². The molecular formula is C26H23FN4O4. The molecule has 1 unspecified atom stereocenters. The topological polar surface area (TPSA) is 112 Å². The maximum Gasteiger partial charge on any atom is 0.318 e. The summed E-state index contributed by atoms with van der Waals surface area (Å²) in [5.41, 5.74) is 0.821. The van der Waals surface area contributed by atoms with Crippen LogP contribution in [0.2, 0.25) is 0 Å². The molecule has 2 aromatic carbocycles. The van der Waals surface area contributed by atoms with Gasteiger partial charge in [0.25, 0.3) is 0 Å². The number of halogens is 1. The number of aromatic nitrogens is 3. The summed E-state index contributed by atoms with van der Waals surface area (Å²) in [6.07, 6.45) is 6.40. The summed E-state index contributed by atoms with van der Waals surface area (Å²) in [6, 6.07) is 8.22. The van der Waals surface area contributed by atoms with Gasteiger partial charge in [0.1, 0.15) is 22.8 Å². The SMILES string of the molecule is C#Cc1cccc2cc(O)cc(-c3ncc4c(N5CCC(O)C[C@H](O)C5)nc(OC)nc4c3F)c12. The third-order valence-electron chi connectivity index (χ3n) is 6.21. The summed E-state index contributed by atoms with van der Waals surface area (Å²) in [7, 11) is 1.38. The Kier molecular flexibility index (Phi) is 5.84. The summed E-state index contributed by atoms with van der Waals surface area (Å²) in [4.78, 5) is 14.8. The van der Waals surface area contributed by atoms with Crippen LogP contribution in [0.3, 0.4) is 0 Å². The van der Waals surface area contributed by atoms with E-state index in [2.05, 4.69) is 20.9 Å². The molecule has 4 aromatic rings. The van der Waals surface area contributed by atoms with E-state index >= 15 is 4.39 Å². The van der Waals surface area contributed by atoms with Gasteiger partial charge in [-0.3, -0.25) is 4.98 Å². The van der Waals surface area contributed by atoms with Gasteiger partial charge in [0, 0.05) is 42.2 Å². The largest absolute Gasteiger partial charge is 0.508 e. The molecule has 0 aliphatic carbocycles. The molecule has 8 nitrogen and oxygen atoms in total. The van der Waals surface area contributed by atoms with E-state index in [9.17, 15) is 15.3 Å². The Hall–Kier alpha value is -4.00. The number of nitrogens with zero attached hydrogens (tertiary/aromatic N) is 4. The van der Waals surface area contributed by atoms with Gasteiger partial charge in [0.2, 0.25) is 0 Å². The zero-order chi connectivity index (χ0) is 24.7. The van der Waals surface area contributed by atoms with Crippen LogP contribution in [0.25, 0.3) is 32.9 Å². The number of aliphatic hydroxyl groups is 2. The standard InChI is InChI=1S/C26H23FN4O4/c1-3-14-5-4-6-15-9-17(33)11-19(21(14)15)23-22(27)24-20(12-28-23)25(30-26(29-24)35-2)31-8-7-16(32)10-18(34)13-31/h1,4-6,9,11-12,16,18,32-34H,7-8,10,13H2,2H3/t16?,18-/m0/s1. The number of hydrogen-bond acceptors (Lipinski definition) is 8. The minimum Gasteiger partial charge on any atom is -0.508 e. The van der Waals surface area contributed by atoms with Crippen molar-refractivity contribution in [1.29, 1.82) is 0 Å². The number of anilines is 1. The zero-order valence-corrected chi connectivity index (χ0v) is 18.9. The monoisotopic (exact) mass is 474 g/mol. The van der Waals surface area contributed by atoms with E-state index in [0.717, 1.165) is 0 Å². The number of terminal acetylenes is 1. The molecule has 1 aliphatic heterocycles. The molecule has 0 radical (unpaired) electrons. The predicted molar refractivity (Wildman–Crippen MR) is 130 cm³/mol. The fourth-order valence-electron chi connectivity index (χ4n) is 4.61. The summed E-state index contributed by atoms with van der Waals surface area (Å²) < 4.78 is 21.3. The fraction of sp³-hybridized carbons (Fsp3) is 0.269. The number of pyridine rings is 1. The number of aromatic hydroxyl groups is 1. The maximum atomic E-state index is 16.1. The third kappa shape index (κ3) is 4.07. The first-order valence-corrected chi connectivity index (χ1v) is 11.1. The minimum absolute atomic E-state index is 0.0224. The van der Waals surface area contributed by atoms with Crippen LogP contribution in [0.4, 0.5) is 10.2 Å². The van der Waals surface area contributed by atoms with Crippen LogP contribution in [0.1, 0.15) is 18.4 Å². The molecule has 3 N–H and O–H groups in total. The Morgan fingerprint density at radius 2 is 2.03 bits per heavy atom. The molecule has 0 bridgehead atoms. The number of phenols is 1. The molecule has 9 heteroatoms. The second kappa shape index (κ2) is 8.98. The van der Waals surface area contributed by atoms with Crippen molar-refractivity contribution >= 4 is 27.5 Å². The van der Waals surface area contributed by atoms with Gasteiger partial charge in [0.05, 0.1) is 24.7 Å². The van der Waals surface area contributed by atoms with Gasteiger partial charge < -0.3 is 25.0 Å². The van der Waals surface area contributed by atoms with Crippen molar-refractivity contribution in [1.82, 2.24) is 15.0 Å². The second-order valence-electron chi connectivity index (χ2n) is 8.54. The van der Waals surface area contributed by atoms with Crippen LogP contribution in [0, 0.1) is 18.2 Å². The minimum atomic E-state index is -0.776. The number of rotatable bonds is 3. The average molecular weight is 474 g/mol. The number of methoxy groups -OCH3 is 1. The fourth-order valence-corrected chi connectivity index (χ4v) is 4.61. The normalized spacial score (nSPS) is 18.4. The van der Waals surface area contributed by atoms with Gasteiger partial charge in [-0.15, -0.1) is 6.42 Å². The van der Waals surface area contributed by atoms with Gasteiger partial charge in [0.15, 0.2) is 5.82 Å². The first kappa shape index (κ1) is 22.8. The van der Waals surface area contributed by atoms with E-state index in [4.69, 9.17) is 11.2 Å². The molecule has 3 heterocycles. The molecule has 2 atom stereocenters. The lowest BCUT2D eigenvalue weighted by atomic mass is 9.96. The van der Waals surface area contributed by atoms with Crippen molar-refractivity contribution in [2.75, 3.05) is 25.1 Å². The number of fused-ring (bicyclic) bond motifs is 2. The molecule has 1 aliphatic rings. The quantitative estimate of drug-likeness (QED) is 0.389. The van der Waals surface area contributed by atoms with Crippen molar-refractivity contribution in [3.8, 4) is 35.4 Å². The van der Waals surface area contributed by atoms with E-state index in [1.165, 1.54) is 19.4 Å². The van der Waals surface area contributed by atoms with E-state index in [-0.39, 0.29) is 35.9 Å². The molecule has 0 spiro atoms. The summed E-state index contributed by atoms with van der Waals surface area (Å²) in [5, 5.41) is 32.2. The highest BCUT2D eigenvalue weighted by atomic mass is 19.1. The number of hydrogen-bond donors (Lipinski definition) is 3. The predicted octanol–water partition coefficient (Wildman–Crippen LogP) is 3.00. The molecule has 35 heavy (non-hydrogen) atoms. The number of ether oxygens (including phenoxy) is 1. The van der Waals surface area contributed by atoms with Crippen LogP contribution in [-0.2, 0) is 0 Å². The zero-order valence-electron chi connectivity index (χ0n) is 18.9. The van der Waals surface area contributed by atoms with Crippen molar-refractivity contribution < 1.29 is 24.4 Å². The van der Waals surface area contributed by atoms with Gasteiger partial charge in [-0.1, -0.05) is 18.1 Å². The second-order valence-corrected chi connectivity index (χ2v) is 8.54. The first-order valence-electron chi connectivity index (χ1n) is 11.1. The average Bonchev–Trinajstić information content (AvgIpc) is 3.02. The van der Waals surface area contributed by atoms with E-state index in [1.54, 1.807) is 29.2 Å². The Morgan fingerprint density at radius 3 is 2.80 bits per heavy atom. The van der Waals surface area contributed by atoms with Crippen LogP contribution in [0.15, 0.2) is 36.5 Å². The summed E-state index contributed by atoms with van der Waals surface area (Å²) >= 11 is 0. The molecule has 1 saturated heterocycles. The molecule has 0 saturated carbocycles. The first-order chi connectivity index (χ1) is 16.9. The van der Waals surface area contributed by atoms with E-state index in [0.29, 0.717) is 46.1 Å². The third-order valence-corrected chi connectivity index (χ3v) is 6.21. The molecular weight excluding hydrogens is 451 g/mol. The number of β-amino-alcohol motifs (C(OH)–C–C–N with tert-alkyl or cyclic N) is 1. The summed E-state index contributed by atoms with van der Waals surface area (Å²) in [6.45, 7) is 0.609. The van der Waals surface area contributed by atoms with E-state index in [1.807, 2.05) is 0 Å². The van der Waals surface area contributed by atoms with Gasteiger partial charge in [-0.05, 0) is 30.0 Å².